The van der Waals surface area contributed by atoms with Gasteiger partial charge in [-0.05, 0) is 79.5 Å². The number of H-pyrrole nitrogens is 1. The Balaban J connectivity index is 1.35. The first kappa shape index (κ1) is 23.4. The molecule has 1 saturated heterocycles. The molecule has 0 radical (unpaired) electrons. The molecular weight excluding hydrogens is 436 g/mol. The molecule has 182 valence electrons. The van der Waals surface area contributed by atoms with E-state index in [1.165, 1.54) is 19.4 Å². The molecule has 0 spiro atoms. The summed E-state index contributed by atoms with van der Waals surface area (Å²) in [5.41, 5.74) is 3.45. The predicted molar refractivity (Wildman–Crippen MR) is 142 cm³/mol. The van der Waals surface area contributed by atoms with Crippen molar-refractivity contribution in [2.45, 2.75) is 45.6 Å². The number of ether oxygens (including phenoxy) is 1. The number of carbonyl (C=O) groups excluding carboxylic acids is 1. The average molecular weight is 471 g/mol. The number of rotatable bonds is 9. The molecule has 1 atom stereocenters. The third kappa shape index (κ3) is 5.03. The molecule has 1 fully saturated rings. The van der Waals surface area contributed by atoms with Crippen LogP contribution >= 0.6 is 0 Å². The second kappa shape index (κ2) is 10.5. The van der Waals surface area contributed by atoms with Gasteiger partial charge in [-0.2, -0.15) is 5.10 Å². The third-order valence-electron chi connectivity index (χ3n) is 7.07. The normalized spacial score (nSPS) is 16.2. The van der Waals surface area contributed by atoms with Gasteiger partial charge in [0.05, 0.1) is 11.2 Å². The number of carbonyl (C=O) groups is 1. The SMILES string of the molecule is CCCCNC(=O)c1ccc2[nH]nc(-c3ccc4cc(OC[C@@H]5CCCN5CC)ccc4c3)c2c1. The highest BCUT2D eigenvalue weighted by Gasteiger charge is 2.23. The second-order valence-electron chi connectivity index (χ2n) is 9.40. The van der Waals surface area contributed by atoms with Crippen molar-refractivity contribution in [3.8, 4) is 17.0 Å². The van der Waals surface area contributed by atoms with Crippen LogP contribution in [0.25, 0.3) is 32.9 Å². The van der Waals surface area contributed by atoms with Crippen LogP contribution in [0.3, 0.4) is 0 Å². The van der Waals surface area contributed by atoms with Gasteiger partial charge in [0.15, 0.2) is 0 Å². The predicted octanol–water partition coefficient (Wildman–Crippen LogP) is 5.78. The number of aromatic nitrogens is 2. The van der Waals surface area contributed by atoms with Gasteiger partial charge < -0.3 is 10.1 Å². The van der Waals surface area contributed by atoms with Crippen molar-refractivity contribution in [2.24, 2.45) is 0 Å². The lowest BCUT2D eigenvalue weighted by atomic mass is 10.0. The molecule has 0 unspecified atom stereocenters. The second-order valence-corrected chi connectivity index (χ2v) is 9.40. The van der Waals surface area contributed by atoms with E-state index >= 15 is 0 Å². The van der Waals surface area contributed by atoms with E-state index in [1.807, 2.05) is 18.2 Å². The summed E-state index contributed by atoms with van der Waals surface area (Å²) in [6.45, 7) is 8.03. The number of hydrogen-bond donors (Lipinski definition) is 2. The topological polar surface area (TPSA) is 70.2 Å². The van der Waals surface area contributed by atoms with Crippen molar-refractivity contribution >= 4 is 27.6 Å². The Morgan fingerprint density at radius 1 is 1.11 bits per heavy atom. The minimum Gasteiger partial charge on any atom is -0.492 e. The molecule has 0 bridgehead atoms. The molecule has 0 saturated carbocycles. The maximum absolute atomic E-state index is 12.6. The molecule has 0 aliphatic carbocycles. The lowest BCUT2D eigenvalue weighted by Crippen LogP contribution is -2.33. The number of amides is 1. The van der Waals surface area contributed by atoms with E-state index in [2.05, 4.69) is 70.7 Å². The fraction of sp³-hybridized carbons (Fsp3) is 0.379. The number of benzene rings is 3. The standard InChI is InChI=1S/C29H34N4O2/c1-3-5-14-30-29(34)23-11-13-27-26(18-23)28(32-31-27)22-9-8-21-17-25(12-10-20(21)16-22)35-19-24-7-6-15-33(24)4-2/h8-13,16-18,24H,3-7,14-15,19H2,1-2H3,(H,30,34)(H,31,32)/t24-/m0/s1. The summed E-state index contributed by atoms with van der Waals surface area (Å²) >= 11 is 0. The summed E-state index contributed by atoms with van der Waals surface area (Å²) in [4.78, 5) is 15.1. The molecule has 2 heterocycles. The van der Waals surface area contributed by atoms with Crippen molar-refractivity contribution in [1.29, 1.82) is 0 Å². The molecule has 4 aromatic rings. The molecule has 1 aliphatic rings. The van der Waals surface area contributed by atoms with Gasteiger partial charge >= 0.3 is 0 Å². The van der Waals surface area contributed by atoms with Crippen LogP contribution in [0.4, 0.5) is 0 Å². The van der Waals surface area contributed by atoms with Gasteiger partial charge in [-0.15, -0.1) is 0 Å². The molecule has 6 nitrogen and oxygen atoms in total. The molecule has 5 rings (SSSR count). The number of hydrogen-bond acceptors (Lipinski definition) is 4. The fourth-order valence-electron chi connectivity index (χ4n) is 5.01. The Hall–Kier alpha value is -3.38. The van der Waals surface area contributed by atoms with Crippen LogP contribution in [0.15, 0.2) is 54.6 Å². The minimum atomic E-state index is -0.0433. The first-order chi connectivity index (χ1) is 17.2. The van der Waals surface area contributed by atoms with Crippen molar-refractivity contribution in [3.63, 3.8) is 0 Å². The Morgan fingerprint density at radius 3 is 2.83 bits per heavy atom. The largest absolute Gasteiger partial charge is 0.492 e. The number of fused-ring (bicyclic) bond motifs is 2. The van der Waals surface area contributed by atoms with Crippen LogP contribution in [0, 0.1) is 0 Å². The molecule has 3 aromatic carbocycles. The van der Waals surface area contributed by atoms with Gasteiger partial charge in [0.2, 0.25) is 0 Å². The van der Waals surface area contributed by atoms with E-state index in [1.54, 1.807) is 0 Å². The summed E-state index contributed by atoms with van der Waals surface area (Å²) in [6, 6.07) is 18.9. The quantitative estimate of drug-likeness (QED) is 0.304. The number of unbranched alkanes of at least 4 members (excludes halogenated alkanes) is 1. The zero-order valence-corrected chi connectivity index (χ0v) is 20.6. The van der Waals surface area contributed by atoms with Crippen LogP contribution < -0.4 is 10.1 Å². The number of nitrogens with zero attached hydrogens (tertiary/aromatic N) is 2. The van der Waals surface area contributed by atoms with Crippen molar-refractivity contribution in [3.05, 3.63) is 60.2 Å². The molecule has 1 amide bonds. The van der Waals surface area contributed by atoms with Gasteiger partial charge in [0, 0.05) is 29.1 Å². The summed E-state index contributed by atoms with van der Waals surface area (Å²) in [7, 11) is 0. The smallest absolute Gasteiger partial charge is 0.251 e. The monoisotopic (exact) mass is 470 g/mol. The zero-order chi connectivity index (χ0) is 24.2. The number of likely N-dealkylation sites (tertiary alicyclic amines) is 1. The number of likely N-dealkylation sites (N-methyl/N-ethyl adjacent to an activating group) is 1. The zero-order valence-electron chi connectivity index (χ0n) is 20.6. The Labute approximate surface area is 206 Å². The molecule has 1 aliphatic heterocycles. The van der Waals surface area contributed by atoms with Gasteiger partial charge in [-0.1, -0.05) is 38.5 Å². The van der Waals surface area contributed by atoms with Crippen molar-refractivity contribution in [1.82, 2.24) is 20.4 Å². The average Bonchev–Trinajstić information content (AvgIpc) is 3.53. The summed E-state index contributed by atoms with van der Waals surface area (Å²) in [6.07, 6.45) is 4.51. The van der Waals surface area contributed by atoms with Crippen molar-refractivity contribution in [2.75, 3.05) is 26.2 Å². The highest BCUT2D eigenvalue weighted by atomic mass is 16.5. The summed E-state index contributed by atoms with van der Waals surface area (Å²) < 4.78 is 6.16. The maximum Gasteiger partial charge on any atom is 0.251 e. The van der Waals surface area contributed by atoms with E-state index in [9.17, 15) is 4.79 Å². The van der Waals surface area contributed by atoms with E-state index in [0.717, 1.165) is 64.7 Å². The number of aromatic amines is 1. The minimum absolute atomic E-state index is 0.0433. The van der Waals surface area contributed by atoms with Crippen LogP contribution in [-0.4, -0.2) is 53.3 Å². The highest BCUT2D eigenvalue weighted by molar-refractivity contribution is 6.02. The third-order valence-corrected chi connectivity index (χ3v) is 7.07. The Bertz CT molecular complexity index is 1330. The summed E-state index contributed by atoms with van der Waals surface area (Å²) in [5, 5.41) is 13.9. The van der Waals surface area contributed by atoms with Gasteiger partial charge in [0.25, 0.3) is 5.91 Å². The lowest BCUT2D eigenvalue weighted by molar-refractivity contribution is 0.0953. The molecule has 35 heavy (non-hydrogen) atoms. The number of nitrogens with one attached hydrogen (secondary N) is 2. The van der Waals surface area contributed by atoms with Gasteiger partial charge in [-0.25, -0.2) is 0 Å². The lowest BCUT2D eigenvalue weighted by Gasteiger charge is -2.22. The van der Waals surface area contributed by atoms with E-state index in [0.29, 0.717) is 18.2 Å². The van der Waals surface area contributed by atoms with E-state index < -0.39 is 0 Å². The molecule has 1 aromatic heterocycles. The Kier molecular flexibility index (Phi) is 7.00. The van der Waals surface area contributed by atoms with Gasteiger partial charge in [0.1, 0.15) is 12.4 Å². The van der Waals surface area contributed by atoms with E-state index in [4.69, 9.17) is 4.74 Å². The van der Waals surface area contributed by atoms with E-state index in [-0.39, 0.29) is 5.91 Å². The van der Waals surface area contributed by atoms with Crippen LogP contribution in [0.2, 0.25) is 0 Å². The maximum atomic E-state index is 12.6. The molecular formula is C29H34N4O2. The van der Waals surface area contributed by atoms with Crippen molar-refractivity contribution < 1.29 is 9.53 Å². The molecule has 2 N–H and O–H groups in total. The first-order valence-corrected chi connectivity index (χ1v) is 12.8. The van der Waals surface area contributed by atoms with Gasteiger partial charge in [-0.3, -0.25) is 14.8 Å². The Morgan fingerprint density at radius 2 is 1.97 bits per heavy atom. The highest BCUT2D eigenvalue weighted by Crippen LogP contribution is 2.31. The summed E-state index contributed by atoms with van der Waals surface area (Å²) in [5.74, 6) is 0.871. The van der Waals surface area contributed by atoms with Crippen LogP contribution in [0.5, 0.6) is 5.75 Å². The van der Waals surface area contributed by atoms with Crippen LogP contribution in [0.1, 0.15) is 49.9 Å². The first-order valence-electron chi connectivity index (χ1n) is 12.8. The molecule has 6 heteroatoms. The van der Waals surface area contributed by atoms with Crippen LogP contribution in [-0.2, 0) is 0 Å². The fourth-order valence-corrected chi connectivity index (χ4v) is 5.01.